The summed E-state index contributed by atoms with van der Waals surface area (Å²) in [4.78, 5) is 25.0. The molecule has 8 heteroatoms. The Morgan fingerprint density at radius 3 is 2.52 bits per heavy atom. The minimum Gasteiger partial charge on any atom is -0.493 e. The lowest BCUT2D eigenvalue weighted by Crippen LogP contribution is -2.48. The second kappa shape index (κ2) is 11.6. The highest BCUT2D eigenvalue weighted by molar-refractivity contribution is 6.30. The molecule has 0 aromatic heterocycles. The van der Waals surface area contributed by atoms with Crippen LogP contribution in [0.4, 0.5) is 0 Å². The minimum atomic E-state index is -0.769. The van der Waals surface area contributed by atoms with Crippen molar-refractivity contribution in [3.63, 3.8) is 0 Å². The van der Waals surface area contributed by atoms with Crippen molar-refractivity contribution < 1.29 is 19.1 Å². The lowest BCUT2D eigenvalue weighted by Gasteiger charge is -2.20. The van der Waals surface area contributed by atoms with E-state index in [2.05, 4.69) is 21.8 Å². The second-order valence-electron chi connectivity index (χ2n) is 6.84. The molecule has 0 fully saturated rings. The highest BCUT2D eigenvalue weighted by Gasteiger charge is 2.24. The number of nitrogens with one attached hydrogen (secondary N) is 2. The first-order valence-corrected chi connectivity index (χ1v) is 9.87. The van der Waals surface area contributed by atoms with Crippen LogP contribution in [0, 0.1) is 18.3 Å². The van der Waals surface area contributed by atoms with Crippen LogP contribution in [-0.4, -0.2) is 37.8 Å². The Balaban J connectivity index is 2.02. The van der Waals surface area contributed by atoms with E-state index >= 15 is 0 Å². The minimum absolute atomic E-state index is 0.123. The summed E-state index contributed by atoms with van der Waals surface area (Å²) in [6, 6.07) is 10.8. The van der Waals surface area contributed by atoms with Gasteiger partial charge in [-0.3, -0.25) is 9.59 Å². The van der Waals surface area contributed by atoms with E-state index in [1.54, 1.807) is 42.5 Å². The van der Waals surface area contributed by atoms with Gasteiger partial charge in [-0.2, -0.15) is 5.10 Å². The van der Waals surface area contributed by atoms with Gasteiger partial charge in [0.05, 0.1) is 13.3 Å². The Morgan fingerprint density at radius 2 is 1.90 bits per heavy atom. The number of hydrazone groups is 1. The van der Waals surface area contributed by atoms with Gasteiger partial charge < -0.3 is 14.8 Å². The van der Waals surface area contributed by atoms with Crippen molar-refractivity contribution in [3.8, 4) is 23.8 Å². The van der Waals surface area contributed by atoms with E-state index in [-0.39, 0.29) is 18.4 Å². The lowest BCUT2D eigenvalue weighted by atomic mass is 10.0. The molecule has 162 valence electrons. The molecular formula is C23H24ClN3O4. The van der Waals surface area contributed by atoms with Gasteiger partial charge in [0.15, 0.2) is 11.5 Å². The molecule has 0 bridgehead atoms. The number of nitrogens with zero attached hydrogens (tertiary/aromatic N) is 1. The smallest absolute Gasteiger partial charge is 0.262 e. The first kappa shape index (κ1) is 23.8. The van der Waals surface area contributed by atoms with Crippen LogP contribution in [0.15, 0.2) is 47.6 Å². The van der Waals surface area contributed by atoms with Crippen molar-refractivity contribution in [1.29, 1.82) is 0 Å². The molecule has 2 aromatic carbocycles. The number of ether oxygens (including phenoxy) is 2. The van der Waals surface area contributed by atoms with E-state index < -0.39 is 11.9 Å². The van der Waals surface area contributed by atoms with Gasteiger partial charge >= 0.3 is 0 Å². The molecule has 2 amide bonds. The molecule has 2 N–H and O–H groups in total. The van der Waals surface area contributed by atoms with Crippen LogP contribution in [-0.2, 0) is 4.79 Å². The average molecular weight is 442 g/mol. The summed E-state index contributed by atoms with van der Waals surface area (Å²) in [6.07, 6.45) is 6.66. The van der Waals surface area contributed by atoms with Gasteiger partial charge in [-0.05, 0) is 53.9 Å². The topological polar surface area (TPSA) is 89.0 Å². The number of halogens is 1. The number of hydrogen-bond donors (Lipinski definition) is 2. The largest absolute Gasteiger partial charge is 0.493 e. The SMILES string of the molecule is C#CCOc1ccc(/C=N\NC(=O)C(NC(=O)c2ccc(Cl)cc2)C(C)C)cc1OC. The molecular weight excluding hydrogens is 418 g/mol. The quantitative estimate of drug-likeness (QED) is 0.355. The molecule has 0 aliphatic carbocycles. The summed E-state index contributed by atoms with van der Waals surface area (Å²) in [7, 11) is 1.51. The number of carbonyl (C=O) groups is 2. The third-order valence-corrected chi connectivity index (χ3v) is 4.48. The van der Waals surface area contributed by atoms with E-state index in [4.69, 9.17) is 27.5 Å². The molecule has 1 unspecified atom stereocenters. The number of hydrogen-bond acceptors (Lipinski definition) is 5. The molecule has 1 atom stereocenters. The summed E-state index contributed by atoms with van der Waals surface area (Å²) in [5.41, 5.74) is 3.55. The lowest BCUT2D eigenvalue weighted by molar-refractivity contribution is -0.123. The van der Waals surface area contributed by atoms with Gasteiger partial charge in [0.25, 0.3) is 11.8 Å². The van der Waals surface area contributed by atoms with Crippen LogP contribution in [0.1, 0.15) is 29.8 Å². The molecule has 2 aromatic rings. The standard InChI is InChI=1S/C23H24ClN3O4/c1-5-12-31-19-11-6-16(13-20(19)30-4)14-25-27-23(29)21(15(2)3)26-22(28)17-7-9-18(24)10-8-17/h1,6-11,13-15,21H,12H2,2-4H3,(H,26,28)(H,27,29)/b25-14-. The number of terminal acetylenes is 1. The number of amides is 2. The molecule has 31 heavy (non-hydrogen) atoms. The normalized spacial score (nSPS) is 11.6. The Kier molecular flexibility index (Phi) is 8.92. The maximum absolute atomic E-state index is 12.6. The van der Waals surface area contributed by atoms with Gasteiger partial charge in [-0.15, -0.1) is 6.42 Å². The number of carbonyl (C=O) groups excluding carboxylic acids is 2. The molecule has 2 rings (SSSR count). The summed E-state index contributed by atoms with van der Waals surface area (Å²) < 4.78 is 10.7. The van der Waals surface area contributed by atoms with Gasteiger partial charge in [-0.1, -0.05) is 31.4 Å². The molecule has 0 radical (unpaired) electrons. The Hall–Kier alpha value is -3.50. The van der Waals surface area contributed by atoms with Crippen LogP contribution in [0.25, 0.3) is 0 Å². The van der Waals surface area contributed by atoms with E-state index in [1.807, 2.05) is 13.8 Å². The van der Waals surface area contributed by atoms with Crippen molar-refractivity contribution >= 4 is 29.6 Å². The Labute approximate surface area is 186 Å². The van der Waals surface area contributed by atoms with Gasteiger partial charge in [-0.25, -0.2) is 5.43 Å². The fourth-order valence-electron chi connectivity index (χ4n) is 2.60. The van der Waals surface area contributed by atoms with E-state index in [1.165, 1.54) is 13.3 Å². The van der Waals surface area contributed by atoms with Crippen LogP contribution in [0.3, 0.4) is 0 Å². The average Bonchev–Trinajstić information content (AvgIpc) is 2.76. The first-order chi connectivity index (χ1) is 14.8. The van der Waals surface area contributed by atoms with Crippen LogP contribution < -0.4 is 20.2 Å². The summed E-state index contributed by atoms with van der Waals surface area (Å²) in [6.45, 7) is 3.78. The van der Waals surface area contributed by atoms with Crippen LogP contribution >= 0.6 is 11.6 Å². The fraction of sp³-hybridized carbons (Fsp3) is 0.261. The monoisotopic (exact) mass is 441 g/mol. The zero-order valence-electron chi connectivity index (χ0n) is 17.5. The van der Waals surface area contributed by atoms with Crippen LogP contribution in [0.5, 0.6) is 11.5 Å². The maximum atomic E-state index is 12.6. The molecule has 0 aliphatic rings. The van der Waals surface area contributed by atoms with Gasteiger partial charge in [0, 0.05) is 10.6 Å². The zero-order chi connectivity index (χ0) is 22.8. The van der Waals surface area contributed by atoms with Crippen molar-refractivity contribution in [2.24, 2.45) is 11.0 Å². The summed E-state index contributed by atoms with van der Waals surface area (Å²) in [5, 5.41) is 7.23. The van der Waals surface area contributed by atoms with Gasteiger partial charge in [0.2, 0.25) is 0 Å². The molecule has 7 nitrogen and oxygen atoms in total. The van der Waals surface area contributed by atoms with E-state index in [0.29, 0.717) is 27.6 Å². The molecule has 0 saturated heterocycles. The van der Waals surface area contributed by atoms with Crippen molar-refractivity contribution in [1.82, 2.24) is 10.7 Å². The van der Waals surface area contributed by atoms with E-state index in [9.17, 15) is 9.59 Å². The third-order valence-electron chi connectivity index (χ3n) is 4.23. The summed E-state index contributed by atoms with van der Waals surface area (Å²) in [5.74, 6) is 2.42. The highest BCUT2D eigenvalue weighted by atomic mass is 35.5. The predicted molar refractivity (Wildman–Crippen MR) is 121 cm³/mol. The van der Waals surface area contributed by atoms with Gasteiger partial charge in [0.1, 0.15) is 12.6 Å². The fourth-order valence-corrected chi connectivity index (χ4v) is 2.73. The highest BCUT2D eigenvalue weighted by Crippen LogP contribution is 2.27. The van der Waals surface area contributed by atoms with Crippen molar-refractivity contribution in [3.05, 3.63) is 58.6 Å². The molecule has 0 saturated carbocycles. The number of benzene rings is 2. The molecule has 0 aliphatic heterocycles. The predicted octanol–water partition coefficient (Wildman–Crippen LogP) is 3.27. The van der Waals surface area contributed by atoms with E-state index in [0.717, 1.165) is 0 Å². The zero-order valence-corrected chi connectivity index (χ0v) is 18.3. The number of rotatable bonds is 9. The first-order valence-electron chi connectivity index (χ1n) is 9.49. The van der Waals surface area contributed by atoms with Crippen molar-refractivity contribution in [2.45, 2.75) is 19.9 Å². The maximum Gasteiger partial charge on any atom is 0.262 e. The number of methoxy groups -OCH3 is 1. The molecule has 0 heterocycles. The second-order valence-corrected chi connectivity index (χ2v) is 7.28. The summed E-state index contributed by atoms with van der Waals surface area (Å²) >= 11 is 5.85. The molecule has 0 spiro atoms. The Morgan fingerprint density at radius 1 is 1.19 bits per heavy atom. The third kappa shape index (κ3) is 7.05. The van der Waals surface area contributed by atoms with Crippen LogP contribution in [0.2, 0.25) is 5.02 Å². The van der Waals surface area contributed by atoms with Crippen molar-refractivity contribution in [2.75, 3.05) is 13.7 Å². The Bertz CT molecular complexity index is 981.